The zero-order valence-corrected chi connectivity index (χ0v) is 39.6. The first-order valence-corrected chi connectivity index (χ1v) is 17.7. The van der Waals surface area contributed by atoms with Crippen molar-refractivity contribution < 1.29 is 133 Å². The van der Waals surface area contributed by atoms with E-state index in [9.17, 15) is 34.2 Å². The Kier molecular flexibility index (Phi) is 61.6. The number of carboxylic acids is 2. The van der Waals surface area contributed by atoms with Gasteiger partial charge in [0, 0.05) is 29.7 Å². The molecular weight excluding hydrogens is 671 g/mol. The Morgan fingerprint density at radius 3 is 1.40 bits per heavy atom. The number of hydrogen-bond acceptors (Lipinski definition) is 9. The zero-order chi connectivity index (χ0) is 35.8. The molecule has 0 aromatic carbocycles. The van der Waals surface area contributed by atoms with Crippen LogP contribution in [0, 0.1) is 29.6 Å². The number of amides is 1. The molecule has 278 valence electrons. The van der Waals surface area contributed by atoms with Gasteiger partial charge in [0.05, 0.1) is 6.54 Å². The molecule has 0 aliphatic heterocycles. The fourth-order valence-electron chi connectivity index (χ4n) is 4.14. The number of carbonyl (C=O) groups excluding carboxylic acids is 5. The van der Waals surface area contributed by atoms with Gasteiger partial charge in [-0.05, 0) is 12.0 Å². The summed E-state index contributed by atoms with van der Waals surface area (Å²) < 4.78 is 4.85. The Hall–Kier alpha value is 0.250. The summed E-state index contributed by atoms with van der Waals surface area (Å²) in [5.74, 6) is -5.57. The van der Waals surface area contributed by atoms with Crippen LogP contribution < -0.4 is 104 Å². The van der Waals surface area contributed by atoms with Crippen LogP contribution >= 0.6 is 0 Å². The smallest absolute Gasteiger partial charge is 0.870 e. The molecule has 0 saturated heterocycles. The molecule has 0 bridgehead atoms. The first-order chi connectivity index (χ1) is 21.8. The molecule has 0 aliphatic rings. The zero-order valence-electron chi connectivity index (χ0n) is 33.6. The summed E-state index contributed by atoms with van der Waals surface area (Å²) in [4.78, 5) is 52.4. The van der Waals surface area contributed by atoms with Crippen LogP contribution in [0.3, 0.4) is 0 Å². The number of rotatable bonds is 26. The van der Waals surface area contributed by atoms with Crippen LogP contribution in [0.15, 0.2) is 12.7 Å². The van der Waals surface area contributed by atoms with Gasteiger partial charge in [-0.2, -0.15) is 0 Å². The van der Waals surface area contributed by atoms with E-state index in [1.54, 1.807) is 20.1 Å². The number of carboxylic acid groups (broad SMARTS) is 2. The summed E-state index contributed by atoms with van der Waals surface area (Å²) in [5.41, 5.74) is 0. The van der Waals surface area contributed by atoms with Gasteiger partial charge in [0.1, 0.15) is 6.61 Å². The third-order valence-corrected chi connectivity index (χ3v) is 8.38. The number of aliphatic carboxylic acids is 2. The van der Waals surface area contributed by atoms with Crippen molar-refractivity contribution in [3.05, 3.63) is 12.7 Å². The maximum absolute atomic E-state index is 11.3. The normalized spacial score (nSPS) is 12.5. The molecule has 0 aromatic heterocycles. The summed E-state index contributed by atoms with van der Waals surface area (Å²) in [5, 5.41) is 22.5. The van der Waals surface area contributed by atoms with Crippen LogP contribution in [-0.4, -0.2) is 48.7 Å². The molecule has 0 aromatic rings. The van der Waals surface area contributed by atoms with Gasteiger partial charge in [0.15, 0.2) is 0 Å². The Balaban J connectivity index is -0.000000112. The van der Waals surface area contributed by atoms with E-state index in [1.165, 1.54) is 117 Å². The van der Waals surface area contributed by atoms with E-state index in [1.807, 2.05) is 0 Å². The Morgan fingerprint density at radius 2 is 1.08 bits per heavy atom. The summed E-state index contributed by atoms with van der Waals surface area (Å²) in [6, 6.07) is 0. The summed E-state index contributed by atoms with van der Waals surface area (Å²) >= 11 is 0. The summed E-state index contributed by atoms with van der Waals surface area (Å²) in [6.45, 7) is 16.3. The Morgan fingerprint density at radius 1 is 0.700 bits per heavy atom. The van der Waals surface area contributed by atoms with E-state index in [2.05, 4.69) is 32.7 Å². The van der Waals surface area contributed by atoms with Crippen molar-refractivity contribution in [3.8, 4) is 0 Å². The number of nitrogens with one attached hydrogen (secondary N) is 1. The monoisotopic (exact) mass is 738 g/mol. The first kappa shape index (κ1) is 65.2. The second-order valence-electron chi connectivity index (χ2n) is 12.5. The molecule has 50 heavy (non-hydrogen) atoms. The molecule has 0 heterocycles. The van der Waals surface area contributed by atoms with Crippen molar-refractivity contribution in [2.24, 2.45) is 29.6 Å². The molecular formula is C37H67NNa3O9-. The first-order valence-electron chi connectivity index (χ1n) is 17.7. The van der Waals surface area contributed by atoms with Gasteiger partial charge in [-0.3, -0.25) is 15.9 Å². The molecule has 10 nitrogen and oxygen atoms in total. The van der Waals surface area contributed by atoms with Crippen molar-refractivity contribution in [2.75, 3.05) is 13.2 Å². The Labute approximate surface area is 371 Å². The Bertz CT molecular complexity index is 801. The van der Waals surface area contributed by atoms with Gasteiger partial charge in [-0.25, -0.2) is 0 Å². The van der Waals surface area contributed by atoms with Crippen molar-refractivity contribution in [1.29, 1.82) is 0 Å². The molecule has 0 rings (SSSR count). The molecule has 2 N–H and O–H groups in total. The van der Waals surface area contributed by atoms with E-state index >= 15 is 0 Å². The van der Waals surface area contributed by atoms with E-state index in [4.69, 9.17) is 4.74 Å². The van der Waals surface area contributed by atoms with Crippen molar-refractivity contribution in [2.45, 2.75) is 151 Å². The third-order valence-electron chi connectivity index (χ3n) is 8.38. The van der Waals surface area contributed by atoms with Crippen LogP contribution in [0.2, 0.25) is 0 Å². The van der Waals surface area contributed by atoms with E-state index in [-0.39, 0.29) is 113 Å². The predicted molar refractivity (Wildman–Crippen MR) is 183 cm³/mol. The van der Waals surface area contributed by atoms with Crippen LogP contribution in [0.25, 0.3) is 0 Å². The van der Waals surface area contributed by atoms with E-state index in [0.717, 1.165) is 12.0 Å². The fraction of sp³-hybridized carbons (Fsp3) is 0.811. The SMILES string of the molecule is C=CC(=O)NCCOC(=O)C(C)C(C)[C-]=O.CC(C(=O)[O-])C(C)C(=O)[O-].CCCCCCCCCCCCCCCCC(C)CC.[Na+].[Na+].[Na+].[OH-]. The maximum Gasteiger partial charge on any atom is 1.00 e. The average Bonchev–Trinajstić information content (AvgIpc) is 3.05. The van der Waals surface area contributed by atoms with Gasteiger partial charge in [-0.15, -0.1) is 5.92 Å². The van der Waals surface area contributed by atoms with Gasteiger partial charge in [0.25, 0.3) is 0 Å². The molecule has 5 unspecified atom stereocenters. The number of unbranched alkanes of at least 4 members (excludes halogenated alkanes) is 13. The van der Waals surface area contributed by atoms with Crippen molar-refractivity contribution >= 4 is 30.1 Å². The van der Waals surface area contributed by atoms with Crippen molar-refractivity contribution in [3.63, 3.8) is 0 Å². The minimum Gasteiger partial charge on any atom is -0.870 e. The van der Waals surface area contributed by atoms with Gasteiger partial charge in [0.2, 0.25) is 5.91 Å². The third kappa shape index (κ3) is 44.4. The van der Waals surface area contributed by atoms with Gasteiger partial charge in [-0.1, -0.05) is 158 Å². The molecule has 0 spiro atoms. The number of esters is 1. The molecule has 0 radical (unpaired) electrons. The quantitative estimate of drug-likeness (QED) is 0.0313. The molecule has 0 aliphatic carbocycles. The average molecular weight is 739 g/mol. The molecule has 0 fully saturated rings. The molecule has 1 amide bonds. The summed E-state index contributed by atoms with van der Waals surface area (Å²) in [6.07, 6.45) is 26.2. The minimum absolute atomic E-state index is 0. The number of ether oxygens (including phenoxy) is 1. The fourth-order valence-corrected chi connectivity index (χ4v) is 4.14. The number of carbonyl (C=O) groups is 4. The number of hydrogen-bond donors (Lipinski definition) is 1. The molecule has 0 saturated carbocycles. The molecule has 13 heteroatoms. The van der Waals surface area contributed by atoms with E-state index in [0.29, 0.717) is 0 Å². The van der Waals surface area contributed by atoms with Gasteiger partial charge < -0.3 is 40.1 Å². The molecule has 5 atom stereocenters. The topological polar surface area (TPSA) is 183 Å². The predicted octanol–water partition coefficient (Wildman–Crippen LogP) is -3.29. The van der Waals surface area contributed by atoms with Gasteiger partial charge >= 0.3 is 94.6 Å². The summed E-state index contributed by atoms with van der Waals surface area (Å²) in [7, 11) is 0. The minimum atomic E-state index is -1.36. The standard InChI is InChI=1S/C20H42.C11H16NO4.C6H10O4.3Na.H2O/c1-4-6-7-8-9-10-11-12-13-14-15-16-17-18-19-20(3)5-2;1-4-10(14)12-5-6-16-11(15)9(3)8(2)7-13;1-3(5(7)8)4(2)6(9)10;;;;/h20H,4-19H2,1-3H3;4,8-9H,1,5-6H2,2-3H3,(H,12,14);3-4H,1-2H3,(H,7,8)(H,9,10);;;;1H2/q;-1;;3*+1;/p-3. The van der Waals surface area contributed by atoms with Crippen LogP contribution in [0.1, 0.15) is 151 Å². The second kappa shape index (κ2) is 47.3. The van der Waals surface area contributed by atoms with Crippen LogP contribution in [-0.2, 0) is 28.7 Å². The van der Waals surface area contributed by atoms with Crippen LogP contribution in [0.4, 0.5) is 0 Å². The largest absolute Gasteiger partial charge is 1.00 e. The van der Waals surface area contributed by atoms with Crippen LogP contribution in [0.5, 0.6) is 0 Å². The second-order valence-corrected chi connectivity index (χ2v) is 12.5. The maximum atomic E-state index is 11.3. The van der Waals surface area contributed by atoms with E-state index < -0.39 is 41.6 Å². The van der Waals surface area contributed by atoms with Crippen molar-refractivity contribution in [1.82, 2.24) is 5.32 Å².